The van der Waals surface area contributed by atoms with Crippen LogP contribution in [-0.4, -0.2) is 11.2 Å². The molecule has 1 unspecified atom stereocenters. The van der Waals surface area contributed by atoms with E-state index in [1.807, 2.05) is 0 Å². The lowest BCUT2D eigenvalue weighted by molar-refractivity contribution is 0.139. The molecule has 0 saturated heterocycles. The van der Waals surface area contributed by atoms with Gasteiger partial charge in [-0.1, -0.05) is 31.5 Å². The topological polar surface area (TPSA) is 20.2 Å². The van der Waals surface area contributed by atoms with Crippen LogP contribution in [0.1, 0.15) is 32.3 Å². The lowest BCUT2D eigenvalue weighted by atomic mass is 10.00. The third kappa shape index (κ3) is 4.50. The summed E-state index contributed by atoms with van der Waals surface area (Å²) in [5.41, 5.74) is 0.879. The number of halogens is 2. The molecule has 0 radical (unpaired) electrons. The SMILES string of the molecule is CC(C)CC(O)CCc1ccc(Cl)c(F)c1. The zero-order valence-electron chi connectivity index (χ0n) is 9.71. The van der Waals surface area contributed by atoms with Crippen molar-refractivity contribution in [3.63, 3.8) is 0 Å². The van der Waals surface area contributed by atoms with Crippen LogP contribution in [0.2, 0.25) is 5.02 Å². The number of hydrogen-bond acceptors (Lipinski definition) is 1. The molecule has 0 bridgehead atoms. The first-order valence-corrected chi connectivity index (χ1v) is 5.99. The Kier molecular flexibility index (Phi) is 5.23. The van der Waals surface area contributed by atoms with Crippen molar-refractivity contribution in [2.75, 3.05) is 0 Å². The molecule has 1 aromatic rings. The van der Waals surface area contributed by atoms with Gasteiger partial charge in [0.25, 0.3) is 0 Å². The van der Waals surface area contributed by atoms with E-state index in [-0.39, 0.29) is 11.1 Å². The van der Waals surface area contributed by atoms with Crippen LogP contribution in [0, 0.1) is 11.7 Å². The number of benzene rings is 1. The van der Waals surface area contributed by atoms with Gasteiger partial charge in [0.15, 0.2) is 0 Å². The van der Waals surface area contributed by atoms with E-state index < -0.39 is 5.82 Å². The third-order valence-electron chi connectivity index (χ3n) is 2.49. The van der Waals surface area contributed by atoms with E-state index in [2.05, 4.69) is 13.8 Å². The van der Waals surface area contributed by atoms with E-state index in [4.69, 9.17) is 11.6 Å². The molecule has 0 amide bonds. The summed E-state index contributed by atoms with van der Waals surface area (Å²) in [7, 11) is 0. The molecule has 1 atom stereocenters. The number of aryl methyl sites for hydroxylation is 1. The Morgan fingerprint density at radius 1 is 1.38 bits per heavy atom. The molecule has 90 valence electrons. The summed E-state index contributed by atoms with van der Waals surface area (Å²) in [6.45, 7) is 4.15. The maximum Gasteiger partial charge on any atom is 0.142 e. The van der Waals surface area contributed by atoms with Crippen LogP contribution >= 0.6 is 11.6 Å². The highest BCUT2D eigenvalue weighted by Gasteiger charge is 2.08. The quantitative estimate of drug-likeness (QED) is 0.835. The van der Waals surface area contributed by atoms with Gasteiger partial charge in [-0.25, -0.2) is 4.39 Å². The second-order valence-corrected chi connectivity index (χ2v) is 4.98. The van der Waals surface area contributed by atoms with Crippen molar-refractivity contribution in [1.29, 1.82) is 0 Å². The van der Waals surface area contributed by atoms with Crippen LogP contribution in [0.3, 0.4) is 0 Å². The molecule has 0 fully saturated rings. The molecule has 1 nitrogen and oxygen atoms in total. The van der Waals surface area contributed by atoms with Crippen LogP contribution in [0.5, 0.6) is 0 Å². The summed E-state index contributed by atoms with van der Waals surface area (Å²) in [6.07, 6.45) is 1.83. The van der Waals surface area contributed by atoms with Crippen LogP contribution < -0.4 is 0 Å². The number of aliphatic hydroxyl groups is 1. The summed E-state index contributed by atoms with van der Waals surface area (Å²) in [6, 6.07) is 4.79. The summed E-state index contributed by atoms with van der Waals surface area (Å²) in [5, 5.41) is 9.83. The molecule has 1 aromatic carbocycles. The minimum atomic E-state index is -0.391. The molecule has 0 aromatic heterocycles. The Labute approximate surface area is 101 Å². The minimum absolute atomic E-state index is 0.145. The van der Waals surface area contributed by atoms with E-state index in [0.717, 1.165) is 12.0 Å². The summed E-state index contributed by atoms with van der Waals surface area (Å²) in [5.74, 6) is 0.0921. The molecule has 16 heavy (non-hydrogen) atoms. The Bertz CT molecular complexity index is 339. The molecule has 0 aliphatic rings. The first kappa shape index (κ1) is 13.5. The van der Waals surface area contributed by atoms with Gasteiger partial charge in [-0.05, 0) is 42.9 Å². The number of hydrogen-bond donors (Lipinski definition) is 1. The van der Waals surface area contributed by atoms with Gasteiger partial charge in [0.05, 0.1) is 11.1 Å². The van der Waals surface area contributed by atoms with Gasteiger partial charge < -0.3 is 5.11 Å². The van der Waals surface area contributed by atoms with Crippen molar-refractivity contribution in [2.24, 2.45) is 5.92 Å². The molecule has 0 saturated carbocycles. The van der Waals surface area contributed by atoms with Crippen molar-refractivity contribution in [1.82, 2.24) is 0 Å². The minimum Gasteiger partial charge on any atom is -0.393 e. The van der Waals surface area contributed by atoms with Crippen LogP contribution in [0.25, 0.3) is 0 Å². The standard InChI is InChI=1S/C13H18ClFO/c1-9(2)7-11(16)5-3-10-4-6-12(14)13(15)8-10/h4,6,8-9,11,16H,3,5,7H2,1-2H3. The predicted octanol–water partition coefficient (Wildman–Crippen LogP) is 3.82. The highest BCUT2D eigenvalue weighted by atomic mass is 35.5. The van der Waals surface area contributed by atoms with E-state index in [1.54, 1.807) is 12.1 Å². The van der Waals surface area contributed by atoms with Crippen molar-refractivity contribution in [2.45, 2.75) is 39.2 Å². The number of rotatable bonds is 5. The highest BCUT2D eigenvalue weighted by Crippen LogP contribution is 2.18. The average molecular weight is 245 g/mol. The van der Waals surface area contributed by atoms with Crippen LogP contribution in [-0.2, 0) is 6.42 Å². The van der Waals surface area contributed by atoms with Crippen molar-refractivity contribution >= 4 is 11.6 Å². The van der Waals surface area contributed by atoms with Gasteiger partial charge in [-0.2, -0.15) is 0 Å². The fourth-order valence-electron chi connectivity index (χ4n) is 1.69. The summed E-state index contributed by atoms with van der Waals surface area (Å²) in [4.78, 5) is 0. The first-order valence-electron chi connectivity index (χ1n) is 5.61. The normalized spacial score (nSPS) is 13.1. The predicted molar refractivity (Wildman–Crippen MR) is 65.2 cm³/mol. The van der Waals surface area contributed by atoms with Gasteiger partial charge >= 0.3 is 0 Å². The second kappa shape index (κ2) is 6.21. The fourth-order valence-corrected chi connectivity index (χ4v) is 1.81. The lowest BCUT2D eigenvalue weighted by Gasteiger charge is -2.12. The van der Waals surface area contributed by atoms with Gasteiger partial charge in [0, 0.05) is 0 Å². The highest BCUT2D eigenvalue weighted by molar-refractivity contribution is 6.30. The fraction of sp³-hybridized carbons (Fsp3) is 0.538. The van der Waals surface area contributed by atoms with Crippen molar-refractivity contribution < 1.29 is 9.50 Å². The molecule has 1 rings (SSSR count). The molecule has 0 spiro atoms. The van der Waals surface area contributed by atoms with Gasteiger partial charge in [0.1, 0.15) is 5.82 Å². The molecular weight excluding hydrogens is 227 g/mol. The van der Waals surface area contributed by atoms with Crippen molar-refractivity contribution in [3.8, 4) is 0 Å². The Morgan fingerprint density at radius 2 is 2.06 bits per heavy atom. The number of aliphatic hydroxyl groups excluding tert-OH is 1. The zero-order valence-corrected chi connectivity index (χ0v) is 10.5. The van der Waals surface area contributed by atoms with Gasteiger partial charge in [-0.3, -0.25) is 0 Å². The largest absolute Gasteiger partial charge is 0.393 e. The van der Waals surface area contributed by atoms with E-state index in [1.165, 1.54) is 6.07 Å². The summed E-state index contributed by atoms with van der Waals surface area (Å²) < 4.78 is 13.1. The maximum atomic E-state index is 13.1. The Hall–Kier alpha value is -0.600. The zero-order chi connectivity index (χ0) is 12.1. The Morgan fingerprint density at radius 3 is 2.62 bits per heavy atom. The van der Waals surface area contributed by atoms with Gasteiger partial charge in [-0.15, -0.1) is 0 Å². The molecule has 3 heteroatoms. The van der Waals surface area contributed by atoms with Gasteiger partial charge in [0.2, 0.25) is 0 Å². The average Bonchev–Trinajstić information content (AvgIpc) is 2.19. The monoisotopic (exact) mass is 244 g/mol. The molecular formula is C13H18ClFO. The lowest BCUT2D eigenvalue weighted by Crippen LogP contribution is -2.11. The first-order chi connectivity index (χ1) is 7.49. The smallest absolute Gasteiger partial charge is 0.142 e. The maximum absolute atomic E-state index is 13.1. The molecule has 0 heterocycles. The molecule has 0 aliphatic carbocycles. The van der Waals surface area contributed by atoms with Crippen molar-refractivity contribution in [3.05, 3.63) is 34.6 Å². The van der Waals surface area contributed by atoms with E-state index in [0.29, 0.717) is 18.8 Å². The Balaban J connectivity index is 2.45. The van der Waals surface area contributed by atoms with E-state index >= 15 is 0 Å². The van der Waals surface area contributed by atoms with Crippen LogP contribution in [0.4, 0.5) is 4.39 Å². The second-order valence-electron chi connectivity index (χ2n) is 4.57. The van der Waals surface area contributed by atoms with E-state index in [9.17, 15) is 9.50 Å². The summed E-state index contributed by atoms with van der Waals surface area (Å²) >= 11 is 5.59. The third-order valence-corrected chi connectivity index (χ3v) is 2.80. The van der Waals surface area contributed by atoms with Crippen LogP contribution in [0.15, 0.2) is 18.2 Å². The molecule has 0 aliphatic heterocycles. The molecule has 1 N–H and O–H groups in total.